The second kappa shape index (κ2) is 6.49. The van der Waals surface area contributed by atoms with Crippen LogP contribution in [-0.4, -0.2) is 32.6 Å². The van der Waals surface area contributed by atoms with Crippen molar-refractivity contribution in [2.75, 3.05) is 6.54 Å². The largest absolute Gasteiger partial charge is 0.459 e. The van der Waals surface area contributed by atoms with Gasteiger partial charge in [-0.05, 0) is 26.7 Å². The predicted molar refractivity (Wildman–Crippen MR) is 70.2 cm³/mol. The summed E-state index contributed by atoms with van der Waals surface area (Å²) in [6.07, 6.45) is 0. The number of hydrogen-bond donors (Lipinski definition) is 2. The Morgan fingerprint density at radius 1 is 1.28 bits per heavy atom. The molecule has 0 aromatic heterocycles. The molecule has 0 rings (SSSR count). The van der Waals surface area contributed by atoms with Gasteiger partial charge < -0.3 is 4.74 Å². The van der Waals surface area contributed by atoms with E-state index in [2.05, 4.69) is 9.44 Å². The molecule has 0 spiro atoms. The first-order valence-electron chi connectivity index (χ1n) is 5.98. The van der Waals surface area contributed by atoms with Crippen molar-refractivity contribution < 1.29 is 17.9 Å². The van der Waals surface area contributed by atoms with Gasteiger partial charge in [-0.25, -0.2) is 4.72 Å². The number of hydrogen-bond acceptors (Lipinski definition) is 4. The summed E-state index contributed by atoms with van der Waals surface area (Å²) in [5, 5.41) is 0. The topological polar surface area (TPSA) is 84.5 Å². The highest BCUT2D eigenvalue weighted by atomic mass is 32.2. The zero-order valence-corrected chi connectivity index (χ0v) is 12.7. The molecule has 18 heavy (non-hydrogen) atoms. The van der Waals surface area contributed by atoms with Crippen LogP contribution in [0.25, 0.3) is 0 Å². The molecule has 6 nitrogen and oxygen atoms in total. The lowest BCUT2D eigenvalue weighted by Gasteiger charge is -2.26. The van der Waals surface area contributed by atoms with Gasteiger partial charge in [0.1, 0.15) is 11.6 Å². The Kier molecular flexibility index (Phi) is 6.25. The van der Waals surface area contributed by atoms with E-state index in [1.54, 1.807) is 41.5 Å². The summed E-state index contributed by atoms with van der Waals surface area (Å²) < 4.78 is 32.9. The molecule has 0 aliphatic rings. The van der Waals surface area contributed by atoms with Crippen LogP contribution in [0.3, 0.4) is 0 Å². The Bertz CT molecular complexity index is 371. The normalized spacial score (nSPS) is 14.6. The van der Waals surface area contributed by atoms with E-state index in [4.69, 9.17) is 4.74 Å². The highest BCUT2D eigenvalue weighted by Crippen LogP contribution is 2.12. The molecule has 0 bridgehead atoms. The minimum atomic E-state index is -3.68. The highest BCUT2D eigenvalue weighted by molar-refractivity contribution is 7.87. The first kappa shape index (κ1) is 17.3. The summed E-state index contributed by atoms with van der Waals surface area (Å²) in [6, 6.07) is -0.895. The Balaban J connectivity index is 4.84. The first-order chi connectivity index (χ1) is 7.98. The summed E-state index contributed by atoms with van der Waals surface area (Å²) >= 11 is 0. The molecule has 0 fully saturated rings. The van der Waals surface area contributed by atoms with E-state index in [9.17, 15) is 13.2 Å². The quantitative estimate of drug-likeness (QED) is 0.705. The second-order valence-corrected chi connectivity index (χ2v) is 6.91. The van der Waals surface area contributed by atoms with Crippen LogP contribution in [0.15, 0.2) is 0 Å². The number of ether oxygens (including phenoxy) is 1. The predicted octanol–water partition coefficient (Wildman–Crippen LogP) is 0.797. The van der Waals surface area contributed by atoms with Crippen LogP contribution in [0.2, 0.25) is 0 Å². The first-order valence-corrected chi connectivity index (χ1v) is 7.46. The lowest BCUT2D eigenvalue weighted by Crippen LogP contribution is -2.50. The summed E-state index contributed by atoms with van der Waals surface area (Å²) in [7, 11) is -3.68. The second-order valence-electron chi connectivity index (χ2n) is 5.37. The maximum atomic E-state index is 11.9. The standard InChI is InChI=1S/C11H24N2O4S/c1-7-12-18(15,16)13-9(8(2)3)10(14)17-11(4,5)6/h8-9,12-13H,7H2,1-6H3/t9-/m1/s1. The van der Waals surface area contributed by atoms with Gasteiger partial charge >= 0.3 is 5.97 Å². The van der Waals surface area contributed by atoms with Crippen molar-refractivity contribution in [2.45, 2.75) is 53.2 Å². The minimum absolute atomic E-state index is 0.201. The Labute approximate surface area is 110 Å². The smallest absolute Gasteiger partial charge is 0.325 e. The van der Waals surface area contributed by atoms with Crippen molar-refractivity contribution in [3.8, 4) is 0 Å². The molecule has 108 valence electrons. The van der Waals surface area contributed by atoms with E-state index >= 15 is 0 Å². The van der Waals surface area contributed by atoms with Crippen LogP contribution in [0.5, 0.6) is 0 Å². The Morgan fingerprint density at radius 3 is 2.11 bits per heavy atom. The van der Waals surface area contributed by atoms with E-state index in [1.807, 2.05) is 0 Å². The maximum absolute atomic E-state index is 11.9. The molecule has 0 unspecified atom stereocenters. The average Bonchev–Trinajstić information content (AvgIpc) is 2.10. The van der Waals surface area contributed by atoms with Crippen LogP contribution < -0.4 is 9.44 Å². The molecule has 0 saturated carbocycles. The fraction of sp³-hybridized carbons (Fsp3) is 0.909. The van der Waals surface area contributed by atoms with Crippen LogP contribution in [-0.2, 0) is 19.7 Å². The van der Waals surface area contributed by atoms with E-state index in [0.717, 1.165) is 0 Å². The molecule has 7 heteroatoms. The van der Waals surface area contributed by atoms with E-state index in [-0.39, 0.29) is 12.5 Å². The number of esters is 1. The third-order valence-corrected chi connectivity index (χ3v) is 3.18. The molecular weight excluding hydrogens is 256 g/mol. The Hall–Kier alpha value is -0.660. The summed E-state index contributed by atoms with van der Waals surface area (Å²) in [6.45, 7) is 10.6. The maximum Gasteiger partial charge on any atom is 0.325 e. The van der Waals surface area contributed by atoms with E-state index < -0.39 is 27.8 Å². The summed E-state index contributed by atoms with van der Waals surface area (Å²) in [5.41, 5.74) is -0.645. The van der Waals surface area contributed by atoms with Crippen molar-refractivity contribution in [2.24, 2.45) is 5.92 Å². The van der Waals surface area contributed by atoms with Crippen molar-refractivity contribution in [3.63, 3.8) is 0 Å². The SMILES string of the molecule is CCNS(=O)(=O)N[C@@H](C(=O)OC(C)(C)C)C(C)C. The van der Waals surface area contributed by atoms with E-state index in [0.29, 0.717) is 0 Å². The van der Waals surface area contributed by atoms with Gasteiger partial charge in [0.15, 0.2) is 0 Å². The van der Waals surface area contributed by atoms with Gasteiger partial charge in [-0.3, -0.25) is 4.79 Å². The lowest BCUT2D eigenvalue weighted by atomic mass is 10.1. The number of carbonyl (C=O) groups excluding carboxylic acids is 1. The van der Waals surface area contributed by atoms with Gasteiger partial charge in [-0.1, -0.05) is 20.8 Å². The lowest BCUT2D eigenvalue weighted by molar-refractivity contribution is -0.158. The van der Waals surface area contributed by atoms with Crippen LogP contribution in [0, 0.1) is 5.92 Å². The fourth-order valence-electron chi connectivity index (χ4n) is 1.22. The molecular formula is C11H24N2O4S. The molecule has 0 radical (unpaired) electrons. The minimum Gasteiger partial charge on any atom is -0.459 e. The summed E-state index contributed by atoms with van der Waals surface area (Å²) in [5.74, 6) is -0.771. The van der Waals surface area contributed by atoms with Crippen LogP contribution in [0.4, 0.5) is 0 Å². The molecule has 0 aliphatic carbocycles. The molecule has 2 N–H and O–H groups in total. The molecule has 1 atom stereocenters. The number of nitrogens with one attached hydrogen (secondary N) is 2. The number of carbonyl (C=O) groups is 1. The molecule has 0 heterocycles. The molecule has 0 aromatic rings. The van der Waals surface area contributed by atoms with Gasteiger partial charge in [-0.2, -0.15) is 13.1 Å². The van der Waals surface area contributed by atoms with Gasteiger partial charge in [0.05, 0.1) is 0 Å². The molecule has 0 aromatic carbocycles. The van der Waals surface area contributed by atoms with Crippen molar-refractivity contribution in [3.05, 3.63) is 0 Å². The van der Waals surface area contributed by atoms with Crippen molar-refractivity contribution in [1.29, 1.82) is 0 Å². The zero-order chi connectivity index (χ0) is 14.6. The van der Waals surface area contributed by atoms with Gasteiger partial charge in [0, 0.05) is 6.54 Å². The third kappa shape index (κ3) is 6.93. The zero-order valence-electron chi connectivity index (χ0n) is 11.9. The Morgan fingerprint density at radius 2 is 1.78 bits per heavy atom. The van der Waals surface area contributed by atoms with Gasteiger partial charge in [0.2, 0.25) is 0 Å². The van der Waals surface area contributed by atoms with Crippen LogP contribution in [0.1, 0.15) is 41.5 Å². The highest BCUT2D eigenvalue weighted by Gasteiger charge is 2.31. The molecule has 0 amide bonds. The van der Waals surface area contributed by atoms with Gasteiger partial charge in [-0.15, -0.1) is 0 Å². The summed E-state index contributed by atoms with van der Waals surface area (Å²) in [4.78, 5) is 11.9. The van der Waals surface area contributed by atoms with Gasteiger partial charge in [0.25, 0.3) is 10.2 Å². The fourth-order valence-corrected chi connectivity index (χ4v) is 2.39. The average molecular weight is 280 g/mol. The van der Waals surface area contributed by atoms with Crippen LogP contribution >= 0.6 is 0 Å². The molecule has 0 saturated heterocycles. The monoisotopic (exact) mass is 280 g/mol. The van der Waals surface area contributed by atoms with Crippen molar-refractivity contribution >= 4 is 16.2 Å². The van der Waals surface area contributed by atoms with Crippen molar-refractivity contribution in [1.82, 2.24) is 9.44 Å². The van der Waals surface area contributed by atoms with E-state index in [1.165, 1.54) is 0 Å². The molecule has 0 aliphatic heterocycles. The number of rotatable bonds is 6. The third-order valence-electron chi connectivity index (χ3n) is 1.94.